The number of carbonyl (C=O) groups excluding carboxylic acids is 2. The van der Waals surface area contributed by atoms with Gasteiger partial charge in [-0.3, -0.25) is 9.59 Å². The second-order valence-electron chi connectivity index (χ2n) is 5.95. The van der Waals surface area contributed by atoms with Crippen LogP contribution in [0.25, 0.3) is 0 Å². The number of nitrogens with zero attached hydrogens (tertiary/aromatic N) is 2. The minimum absolute atomic E-state index is 0.183. The van der Waals surface area contributed by atoms with E-state index in [1.54, 1.807) is 11.8 Å². The molecule has 1 aliphatic carbocycles. The molecule has 0 aromatic rings. The van der Waals surface area contributed by atoms with Gasteiger partial charge in [0.05, 0.1) is 18.5 Å². The summed E-state index contributed by atoms with van der Waals surface area (Å²) in [5.41, 5.74) is 0. The van der Waals surface area contributed by atoms with Gasteiger partial charge in [-0.1, -0.05) is 0 Å². The highest BCUT2D eigenvalue weighted by atomic mass is 32.2. The van der Waals surface area contributed by atoms with Crippen molar-refractivity contribution in [3.63, 3.8) is 0 Å². The van der Waals surface area contributed by atoms with Crippen LogP contribution in [0.3, 0.4) is 0 Å². The zero-order valence-electron chi connectivity index (χ0n) is 13.0. The number of piperazine rings is 1. The van der Waals surface area contributed by atoms with Crippen molar-refractivity contribution in [2.24, 2.45) is 5.92 Å². The van der Waals surface area contributed by atoms with Gasteiger partial charge in [-0.2, -0.15) is 0 Å². The van der Waals surface area contributed by atoms with Gasteiger partial charge in [0.15, 0.2) is 0 Å². The number of rotatable bonds is 7. The predicted octanol–water partition coefficient (Wildman–Crippen LogP) is 1.23. The first kappa shape index (κ1) is 16.6. The molecule has 2 aliphatic rings. The van der Waals surface area contributed by atoms with Gasteiger partial charge in [-0.25, -0.2) is 0 Å². The number of hydrogen-bond acceptors (Lipinski definition) is 4. The lowest BCUT2D eigenvalue weighted by atomic mass is 10.2. The van der Waals surface area contributed by atoms with Gasteiger partial charge in [-0.15, -0.1) is 11.8 Å². The van der Waals surface area contributed by atoms with E-state index in [2.05, 4.69) is 0 Å². The highest BCUT2D eigenvalue weighted by Crippen LogP contribution is 2.31. The lowest BCUT2D eigenvalue weighted by Gasteiger charge is -2.35. The van der Waals surface area contributed by atoms with Crippen LogP contribution in [0, 0.1) is 5.92 Å². The first-order valence-electron chi connectivity index (χ1n) is 7.84. The van der Waals surface area contributed by atoms with Crippen LogP contribution in [0.2, 0.25) is 0 Å². The zero-order chi connectivity index (χ0) is 15.2. The SMILES string of the molecule is CC(C)OCCSCC(=O)N1CCN(C(=O)C2CC2)CC1. The molecule has 1 aliphatic heterocycles. The Balaban J connectivity index is 1.58. The lowest BCUT2D eigenvalue weighted by Crippen LogP contribution is -2.51. The van der Waals surface area contributed by atoms with Crippen molar-refractivity contribution in [2.45, 2.75) is 32.8 Å². The third kappa shape index (κ3) is 5.51. The molecular weight excluding hydrogens is 288 g/mol. The van der Waals surface area contributed by atoms with E-state index in [4.69, 9.17) is 4.74 Å². The maximum absolute atomic E-state index is 12.1. The Morgan fingerprint density at radius 2 is 1.76 bits per heavy atom. The largest absolute Gasteiger partial charge is 0.378 e. The summed E-state index contributed by atoms with van der Waals surface area (Å²) in [6.07, 6.45) is 2.35. The summed E-state index contributed by atoms with van der Waals surface area (Å²) in [4.78, 5) is 27.8. The van der Waals surface area contributed by atoms with Crippen LogP contribution in [0.1, 0.15) is 26.7 Å². The molecule has 1 heterocycles. The molecule has 5 nitrogen and oxygen atoms in total. The normalized spacial score (nSPS) is 19.2. The average molecular weight is 314 g/mol. The van der Waals surface area contributed by atoms with E-state index < -0.39 is 0 Å². The van der Waals surface area contributed by atoms with Crippen LogP contribution in [0.4, 0.5) is 0 Å². The molecule has 6 heteroatoms. The molecule has 0 aromatic carbocycles. The maximum Gasteiger partial charge on any atom is 0.232 e. The Morgan fingerprint density at radius 1 is 1.14 bits per heavy atom. The van der Waals surface area contributed by atoms with Gasteiger partial charge in [-0.05, 0) is 26.7 Å². The van der Waals surface area contributed by atoms with Gasteiger partial charge >= 0.3 is 0 Å². The minimum atomic E-state index is 0.183. The Labute approximate surface area is 131 Å². The van der Waals surface area contributed by atoms with Gasteiger partial charge in [0.2, 0.25) is 11.8 Å². The van der Waals surface area contributed by atoms with Crippen molar-refractivity contribution in [2.75, 3.05) is 44.3 Å². The van der Waals surface area contributed by atoms with E-state index in [0.29, 0.717) is 44.4 Å². The molecule has 1 saturated heterocycles. The summed E-state index contributed by atoms with van der Waals surface area (Å²) in [7, 11) is 0. The summed E-state index contributed by atoms with van der Waals surface area (Å²) in [6, 6.07) is 0. The Bertz CT molecular complexity index is 364. The molecule has 2 rings (SSSR count). The van der Waals surface area contributed by atoms with Crippen molar-refractivity contribution in [1.29, 1.82) is 0 Å². The molecule has 21 heavy (non-hydrogen) atoms. The molecule has 2 amide bonds. The van der Waals surface area contributed by atoms with Crippen molar-refractivity contribution in [1.82, 2.24) is 9.80 Å². The van der Waals surface area contributed by atoms with Crippen molar-refractivity contribution >= 4 is 23.6 Å². The second-order valence-corrected chi connectivity index (χ2v) is 7.06. The van der Waals surface area contributed by atoms with E-state index in [1.165, 1.54) is 0 Å². The first-order valence-corrected chi connectivity index (χ1v) is 8.99. The molecule has 1 saturated carbocycles. The van der Waals surface area contributed by atoms with Crippen molar-refractivity contribution in [3.05, 3.63) is 0 Å². The smallest absolute Gasteiger partial charge is 0.232 e. The summed E-state index contributed by atoms with van der Waals surface area (Å²) < 4.78 is 5.45. The summed E-state index contributed by atoms with van der Waals surface area (Å²) >= 11 is 1.62. The maximum atomic E-state index is 12.1. The number of ether oxygens (including phenoxy) is 1. The fraction of sp³-hybridized carbons (Fsp3) is 0.867. The Hall–Kier alpha value is -0.750. The third-order valence-corrected chi connectivity index (χ3v) is 4.68. The lowest BCUT2D eigenvalue weighted by molar-refractivity contribution is -0.139. The molecule has 0 bridgehead atoms. The second kappa shape index (κ2) is 8.03. The zero-order valence-corrected chi connectivity index (χ0v) is 13.9. The van der Waals surface area contributed by atoms with Crippen LogP contribution in [-0.2, 0) is 14.3 Å². The molecule has 120 valence electrons. The number of carbonyl (C=O) groups is 2. The molecule has 0 N–H and O–H groups in total. The van der Waals surface area contributed by atoms with E-state index >= 15 is 0 Å². The van der Waals surface area contributed by atoms with Crippen molar-refractivity contribution in [3.8, 4) is 0 Å². The molecule has 0 aromatic heterocycles. The monoisotopic (exact) mass is 314 g/mol. The molecule has 2 fully saturated rings. The Morgan fingerprint density at radius 3 is 2.33 bits per heavy atom. The van der Waals surface area contributed by atoms with Crippen LogP contribution < -0.4 is 0 Å². The highest BCUT2D eigenvalue weighted by molar-refractivity contribution is 7.99. The van der Waals surface area contributed by atoms with Crippen LogP contribution in [0.15, 0.2) is 0 Å². The molecule has 0 unspecified atom stereocenters. The van der Waals surface area contributed by atoms with Crippen molar-refractivity contribution < 1.29 is 14.3 Å². The fourth-order valence-electron chi connectivity index (χ4n) is 2.36. The highest BCUT2D eigenvalue weighted by Gasteiger charge is 2.35. The van der Waals surface area contributed by atoms with Crippen LogP contribution in [0.5, 0.6) is 0 Å². The van der Waals surface area contributed by atoms with Gasteiger partial charge in [0.25, 0.3) is 0 Å². The third-order valence-electron chi connectivity index (χ3n) is 3.78. The summed E-state index contributed by atoms with van der Waals surface area (Å²) in [5, 5.41) is 0. The summed E-state index contributed by atoms with van der Waals surface area (Å²) in [5.74, 6) is 2.12. The molecule has 0 spiro atoms. The fourth-order valence-corrected chi connectivity index (χ4v) is 3.07. The number of amides is 2. The Kier molecular flexibility index (Phi) is 6.36. The predicted molar refractivity (Wildman–Crippen MR) is 84.3 cm³/mol. The van der Waals surface area contributed by atoms with Gasteiger partial charge < -0.3 is 14.5 Å². The standard InChI is InChI=1S/C15H26N2O3S/c1-12(2)20-9-10-21-11-14(18)16-5-7-17(8-6-16)15(19)13-3-4-13/h12-13H,3-11H2,1-2H3. The van der Waals surface area contributed by atoms with Gasteiger partial charge in [0.1, 0.15) is 0 Å². The average Bonchev–Trinajstić information content (AvgIpc) is 3.30. The quantitative estimate of drug-likeness (QED) is 0.663. The van der Waals surface area contributed by atoms with Gasteiger partial charge in [0, 0.05) is 37.8 Å². The van der Waals surface area contributed by atoms with E-state index in [1.807, 2.05) is 23.6 Å². The molecule has 0 atom stereocenters. The van der Waals surface area contributed by atoms with E-state index in [0.717, 1.165) is 18.6 Å². The minimum Gasteiger partial charge on any atom is -0.378 e. The topological polar surface area (TPSA) is 49.9 Å². The van der Waals surface area contributed by atoms with E-state index in [-0.39, 0.29) is 17.9 Å². The number of hydrogen-bond donors (Lipinski definition) is 0. The first-order chi connectivity index (χ1) is 10.1. The van der Waals surface area contributed by atoms with Crippen LogP contribution >= 0.6 is 11.8 Å². The molecular formula is C15H26N2O3S. The van der Waals surface area contributed by atoms with E-state index in [9.17, 15) is 9.59 Å². The molecule has 0 radical (unpaired) electrons. The number of thioether (sulfide) groups is 1. The summed E-state index contributed by atoms with van der Waals surface area (Å²) in [6.45, 7) is 7.47. The van der Waals surface area contributed by atoms with Crippen LogP contribution in [-0.4, -0.2) is 72.0 Å².